The average molecular weight is 206 g/mol. The van der Waals surface area contributed by atoms with Gasteiger partial charge < -0.3 is 5.32 Å². The van der Waals surface area contributed by atoms with E-state index >= 15 is 0 Å². The summed E-state index contributed by atoms with van der Waals surface area (Å²) in [6.45, 7) is 10.9. The van der Waals surface area contributed by atoms with E-state index in [0.717, 1.165) is 5.69 Å². The van der Waals surface area contributed by atoms with Crippen LogP contribution in [0.5, 0.6) is 0 Å². The summed E-state index contributed by atoms with van der Waals surface area (Å²) in [6, 6.07) is 2.50. The van der Waals surface area contributed by atoms with Crippen LogP contribution in [0.15, 0.2) is 12.3 Å². The molecule has 0 aliphatic carbocycles. The second-order valence-corrected chi connectivity index (χ2v) is 5.30. The van der Waals surface area contributed by atoms with Gasteiger partial charge in [0.15, 0.2) is 0 Å². The first-order valence-corrected chi connectivity index (χ1v) is 5.46. The van der Waals surface area contributed by atoms with Crippen LogP contribution in [-0.2, 0) is 0 Å². The smallest absolute Gasteiger partial charge is 0.0607 e. The maximum Gasteiger partial charge on any atom is 0.0607 e. The Hall–Kier alpha value is -0.890. The van der Waals surface area contributed by atoms with Gasteiger partial charge in [0.1, 0.15) is 0 Å². The average Bonchev–Trinajstić information content (AvgIpc) is 2.07. The zero-order valence-electron chi connectivity index (χ0n) is 10.7. The number of pyridine rings is 1. The van der Waals surface area contributed by atoms with Crippen molar-refractivity contribution in [3.63, 3.8) is 0 Å². The molecule has 2 nitrogen and oxygen atoms in total. The number of nitrogens with one attached hydrogen (secondary N) is 1. The summed E-state index contributed by atoms with van der Waals surface area (Å²) in [5.74, 6) is 0. The van der Waals surface area contributed by atoms with E-state index < -0.39 is 0 Å². The molecular formula is C13H22N2. The minimum atomic E-state index is 0.182. The van der Waals surface area contributed by atoms with Gasteiger partial charge in [-0.15, -0.1) is 0 Å². The standard InChI is InChI=1S/C13H22N2/c1-9-7-10(2)11(15-8-9)12(14-6)13(3,4)5/h7-8,12,14H,1-6H3. The first-order chi connectivity index (χ1) is 6.86. The summed E-state index contributed by atoms with van der Waals surface area (Å²) in [7, 11) is 2.00. The van der Waals surface area contributed by atoms with Gasteiger partial charge >= 0.3 is 0 Å². The van der Waals surface area contributed by atoms with Crippen molar-refractivity contribution in [2.24, 2.45) is 5.41 Å². The van der Waals surface area contributed by atoms with E-state index in [2.05, 4.69) is 51.0 Å². The molecule has 84 valence electrons. The molecule has 1 rings (SSSR count). The highest BCUT2D eigenvalue weighted by molar-refractivity contribution is 5.26. The van der Waals surface area contributed by atoms with Crippen molar-refractivity contribution in [2.75, 3.05) is 7.05 Å². The molecule has 0 radical (unpaired) electrons. The van der Waals surface area contributed by atoms with Gasteiger partial charge in [-0.3, -0.25) is 4.98 Å². The molecule has 0 aromatic carbocycles. The molecule has 0 bridgehead atoms. The second kappa shape index (κ2) is 4.31. The van der Waals surface area contributed by atoms with Crippen molar-refractivity contribution >= 4 is 0 Å². The lowest BCUT2D eigenvalue weighted by Crippen LogP contribution is -2.31. The molecule has 1 unspecified atom stereocenters. The van der Waals surface area contributed by atoms with Crippen LogP contribution in [0.4, 0.5) is 0 Å². The lowest BCUT2D eigenvalue weighted by molar-refractivity contribution is 0.280. The highest BCUT2D eigenvalue weighted by Gasteiger charge is 2.26. The van der Waals surface area contributed by atoms with Crippen molar-refractivity contribution < 1.29 is 0 Å². The number of nitrogens with zero attached hydrogens (tertiary/aromatic N) is 1. The minimum absolute atomic E-state index is 0.182. The molecule has 1 aromatic rings. The van der Waals surface area contributed by atoms with Crippen LogP contribution >= 0.6 is 0 Å². The highest BCUT2D eigenvalue weighted by atomic mass is 14.9. The Morgan fingerprint density at radius 3 is 2.27 bits per heavy atom. The Balaban J connectivity index is 3.13. The van der Waals surface area contributed by atoms with Gasteiger partial charge in [-0.1, -0.05) is 26.8 Å². The maximum atomic E-state index is 4.55. The fraction of sp³-hybridized carbons (Fsp3) is 0.615. The molecule has 0 aliphatic heterocycles. The number of aryl methyl sites for hydroxylation is 2. The molecule has 0 amide bonds. The van der Waals surface area contributed by atoms with E-state index in [1.807, 2.05) is 13.2 Å². The predicted octanol–water partition coefficient (Wildman–Crippen LogP) is 3.01. The second-order valence-electron chi connectivity index (χ2n) is 5.30. The Kier molecular flexibility index (Phi) is 3.50. The Labute approximate surface area is 93.1 Å². The normalized spacial score (nSPS) is 14.0. The third-order valence-electron chi connectivity index (χ3n) is 2.68. The van der Waals surface area contributed by atoms with Crippen LogP contribution in [0.2, 0.25) is 0 Å². The third kappa shape index (κ3) is 2.78. The lowest BCUT2D eigenvalue weighted by atomic mass is 9.83. The number of aromatic nitrogens is 1. The van der Waals surface area contributed by atoms with Crippen molar-refractivity contribution in [1.29, 1.82) is 0 Å². The van der Waals surface area contributed by atoms with Gasteiger partial charge in [0.25, 0.3) is 0 Å². The Morgan fingerprint density at radius 2 is 1.87 bits per heavy atom. The molecule has 0 saturated heterocycles. The molecule has 15 heavy (non-hydrogen) atoms. The summed E-state index contributed by atoms with van der Waals surface area (Å²) in [5.41, 5.74) is 3.83. The fourth-order valence-electron chi connectivity index (χ4n) is 2.01. The van der Waals surface area contributed by atoms with E-state index in [-0.39, 0.29) is 5.41 Å². The predicted molar refractivity (Wildman–Crippen MR) is 65.0 cm³/mol. The summed E-state index contributed by atoms with van der Waals surface area (Å²) < 4.78 is 0. The molecule has 1 N–H and O–H groups in total. The number of rotatable bonds is 2. The van der Waals surface area contributed by atoms with Crippen LogP contribution in [0.1, 0.15) is 43.6 Å². The molecule has 0 fully saturated rings. The lowest BCUT2D eigenvalue weighted by Gasteiger charge is -2.31. The number of hydrogen-bond acceptors (Lipinski definition) is 2. The monoisotopic (exact) mass is 206 g/mol. The molecule has 2 heteroatoms. The SMILES string of the molecule is CNC(c1ncc(C)cc1C)C(C)(C)C. The van der Waals surface area contributed by atoms with Crippen molar-refractivity contribution in [3.05, 3.63) is 29.1 Å². The topological polar surface area (TPSA) is 24.9 Å². The van der Waals surface area contributed by atoms with E-state index in [1.54, 1.807) is 0 Å². The van der Waals surface area contributed by atoms with Gasteiger partial charge in [-0.25, -0.2) is 0 Å². The Bertz CT molecular complexity index is 337. The van der Waals surface area contributed by atoms with Gasteiger partial charge in [0.2, 0.25) is 0 Å². The molecular weight excluding hydrogens is 184 g/mol. The van der Waals surface area contributed by atoms with Gasteiger partial charge in [-0.05, 0) is 37.4 Å². The van der Waals surface area contributed by atoms with Gasteiger partial charge in [-0.2, -0.15) is 0 Å². The largest absolute Gasteiger partial charge is 0.311 e. The van der Waals surface area contributed by atoms with E-state index in [4.69, 9.17) is 0 Å². The van der Waals surface area contributed by atoms with Crippen LogP contribution in [0, 0.1) is 19.3 Å². The third-order valence-corrected chi connectivity index (χ3v) is 2.68. The summed E-state index contributed by atoms with van der Waals surface area (Å²) >= 11 is 0. The number of hydrogen-bond donors (Lipinski definition) is 1. The zero-order chi connectivity index (χ0) is 11.6. The summed E-state index contributed by atoms with van der Waals surface area (Å²) in [5, 5.41) is 3.36. The van der Waals surface area contributed by atoms with E-state index in [9.17, 15) is 0 Å². The zero-order valence-corrected chi connectivity index (χ0v) is 10.7. The van der Waals surface area contributed by atoms with Gasteiger partial charge in [0, 0.05) is 6.20 Å². The Morgan fingerprint density at radius 1 is 1.27 bits per heavy atom. The van der Waals surface area contributed by atoms with Crippen LogP contribution in [0.3, 0.4) is 0 Å². The maximum absolute atomic E-state index is 4.55. The summed E-state index contributed by atoms with van der Waals surface area (Å²) in [4.78, 5) is 4.55. The first-order valence-electron chi connectivity index (χ1n) is 5.46. The van der Waals surface area contributed by atoms with Crippen LogP contribution in [0.25, 0.3) is 0 Å². The molecule has 1 aromatic heterocycles. The first kappa shape index (κ1) is 12.2. The molecule has 1 atom stereocenters. The quantitative estimate of drug-likeness (QED) is 0.804. The molecule has 1 heterocycles. The minimum Gasteiger partial charge on any atom is -0.311 e. The highest BCUT2D eigenvalue weighted by Crippen LogP contribution is 2.32. The van der Waals surface area contributed by atoms with Crippen molar-refractivity contribution in [3.8, 4) is 0 Å². The van der Waals surface area contributed by atoms with Crippen molar-refractivity contribution in [2.45, 2.75) is 40.7 Å². The van der Waals surface area contributed by atoms with Crippen LogP contribution < -0.4 is 5.32 Å². The summed E-state index contributed by atoms with van der Waals surface area (Å²) in [6.07, 6.45) is 1.94. The molecule has 0 saturated carbocycles. The fourth-order valence-corrected chi connectivity index (χ4v) is 2.01. The molecule has 0 spiro atoms. The van der Waals surface area contributed by atoms with Gasteiger partial charge in [0.05, 0.1) is 11.7 Å². The van der Waals surface area contributed by atoms with Crippen molar-refractivity contribution in [1.82, 2.24) is 10.3 Å². The molecule has 0 aliphatic rings. The van der Waals surface area contributed by atoms with E-state index in [1.165, 1.54) is 11.1 Å². The van der Waals surface area contributed by atoms with E-state index in [0.29, 0.717) is 6.04 Å². The van der Waals surface area contributed by atoms with Crippen LogP contribution in [-0.4, -0.2) is 12.0 Å².